The summed E-state index contributed by atoms with van der Waals surface area (Å²) in [5.41, 5.74) is 2.81. The molecule has 3 rings (SSSR count). The lowest BCUT2D eigenvalue weighted by Crippen LogP contribution is -2.42. The Morgan fingerprint density at radius 1 is 1.23 bits per heavy atom. The SMILES string of the molecule is COc1ccc(C#CCN(C)C2CC(C(=O)O)N(C(=O)Cc3ccccc3)C2)cc1C. The van der Waals surface area contributed by atoms with Crippen LogP contribution >= 0.6 is 0 Å². The van der Waals surface area contributed by atoms with Crippen LogP contribution in [0, 0.1) is 18.8 Å². The lowest BCUT2D eigenvalue weighted by atomic mass is 10.1. The van der Waals surface area contributed by atoms with Gasteiger partial charge < -0.3 is 14.7 Å². The number of nitrogens with zero attached hydrogens (tertiary/aromatic N) is 2. The van der Waals surface area contributed by atoms with Crippen LogP contribution in [0.4, 0.5) is 0 Å². The number of methoxy groups -OCH3 is 1. The number of carbonyl (C=O) groups is 2. The maximum absolute atomic E-state index is 12.8. The van der Waals surface area contributed by atoms with E-state index in [1.54, 1.807) is 7.11 Å². The molecule has 0 aromatic heterocycles. The molecule has 1 N–H and O–H groups in total. The zero-order chi connectivity index (χ0) is 22.4. The first-order valence-corrected chi connectivity index (χ1v) is 10.3. The van der Waals surface area contributed by atoms with Gasteiger partial charge in [-0.05, 0) is 49.7 Å². The number of hydrogen-bond donors (Lipinski definition) is 1. The van der Waals surface area contributed by atoms with E-state index in [0.717, 1.165) is 22.4 Å². The van der Waals surface area contributed by atoms with Crippen molar-refractivity contribution >= 4 is 11.9 Å². The van der Waals surface area contributed by atoms with Crippen molar-refractivity contribution in [2.45, 2.75) is 31.8 Å². The van der Waals surface area contributed by atoms with E-state index in [9.17, 15) is 14.7 Å². The number of likely N-dealkylation sites (N-methyl/N-ethyl adjacent to an activating group) is 1. The van der Waals surface area contributed by atoms with Crippen molar-refractivity contribution in [3.63, 3.8) is 0 Å². The molecule has 1 amide bonds. The van der Waals surface area contributed by atoms with Gasteiger partial charge in [-0.25, -0.2) is 4.79 Å². The quantitative estimate of drug-likeness (QED) is 0.728. The topological polar surface area (TPSA) is 70.1 Å². The van der Waals surface area contributed by atoms with E-state index in [1.165, 1.54) is 4.90 Å². The third kappa shape index (κ3) is 5.65. The van der Waals surface area contributed by atoms with Gasteiger partial charge in [0.15, 0.2) is 0 Å². The highest BCUT2D eigenvalue weighted by atomic mass is 16.5. The van der Waals surface area contributed by atoms with Gasteiger partial charge in [-0.15, -0.1) is 0 Å². The van der Waals surface area contributed by atoms with Crippen LogP contribution < -0.4 is 4.74 Å². The molecule has 162 valence electrons. The van der Waals surface area contributed by atoms with Crippen LogP contribution in [0.2, 0.25) is 0 Å². The molecule has 6 nitrogen and oxygen atoms in total. The van der Waals surface area contributed by atoms with E-state index in [2.05, 4.69) is 11.8 Å². The number of hydrogen-bond acceptors (Lipinski definition) is 4. The molecule has 2 atom stereocenters. The Bertz CT molecular complexity index is 994. The van der Waals surface area contributed by atoms with Crippen LogP contribution in [0.3, 0.4) is 0 Å². The molecule has 1 fully saturated rings. The van der Waals surface area contributed by atoms with Crippen molar-refractivity contribution in [2.24, 2.45) is 0 Å². The van der Waals surface area contributed by atoms with Crippen LogP contribution in [0.5, 0.6) is 5.75 Å². The number of ether oxygens (including phenoxy) is 1. The van der Waals surface area contributed by atoms with E-state index in [4.69, 9.17) is 4.74 Å². The Morgan fingerprint density at radius 3 is 2.61 bits per heavy atom. The van der Waals surface area contributed by atoms with Gasteiger partial charge in [0, 0.05) is 18.2 Å². The summed E-state index contributed by atoms with van der Waals surface area (Å²) in [6.07, 6.45) is 0.605. The first-order chi connectivity index (χ1) is 14.9. The minimum atomic E-state index is -0.961. The lowest BCUT2D eigenvalue weighted by Gasteiger charge is -2.23. The molecule has 2 aromatic carbocycles. The van der Waals surface area contributed by atoms with Gasteiger partial charge in [0.2, 0.25) is 5.91 Å². The maximum atomic E-state index is 12.8. The molecule has 0 radical (unpaired) electrons. The van der Waals surface area contributed by atoms with Crippen LogP contribution in [-0.2, 0) is 16.0 Å². The highest BCUT2D eigenvalue weighted by Crippen LogP contribution is 2.23. The molecule has 6 heteroatoms. The fourth-order valence-electron chi connectivity index (χ4n) is 3.87. The number of carboxylic acids is 1. The van der Waals surface area contributed by atoms with Gasteiger partial charge in [0.05, 0.1) is 20.1 Å². The molecule has 2 unspecified atom stereocenters. The Labute approximate surface area is 183 Å². The second-order valence-corrected chi connectivity index (χ2v) is 7.85. The van der Waals surface area contributed by atoms with Crippen LogP contribution in [-0.4, -0.2) is 66.1 Å². The Morgan fingerprint density at radius 2 is 1.97 bits per heavy atom. The fourth-order valence-corrected chi connectivity index (χ4v) is 3.87. The van der Waals surface area contributed by atoms with E-state index < -0.39 is 12.0 Å². The first kappa shape index (κ1) is 22.4. The largest absolute Gasteiger partial charge is 0.496 e. The van der Waals surface area contributed by atoms with E-state index >= 15 is 0 Å². The predicted octanol–water partition coefficient (Wildman–Crippen LogP) is 2.58. The zero-order valence-corrected chi connectivity index (χ0v) is 18.2. The smallest absolute Gasteiger partial charge is 0.326 e. The van der Waals surface area contributed by atoms with Crippen molar-refractivity contribution in [3.05, 3.63) is 65.2 Å². The molecule has 0 bridgehead atoms. The van der Waals surface area contributed by atoms with Crippen LogP contribution in [0.15, 0.2) is 48.5 Å². The van der Waals surface area contributed by atoms with Gasteiger partial charge in [-0.3, -0.25) is 9.69 Å². The number of aryl methyl sites for hydroxylation is 1. The van der Waals surface area contributed by atoms with E-state index in [0.29, 0.717) is 19.5 Å². The second kappa shape index (κ2) is 10.1. The highest BCUT2D eigenvalue weighted by molar-refractivity contribution is 5.85. The van der Waals surface area contributed by atoms with E-state index in [-0.39, 0.29) is 18.4 Å². The third-order valence-electron chi connectivity index (χ3n) is 5.66. The summed E-state index contributed by atoms with van der Waals surface area (Å²) in [5.74, 6) is 6.01. The van der Waals surface area contributed by atoms with Gasteiger partial charge in [-0.1, -0.05) is 42.2 Å². The molecule has 0 aliphatic carbocycles. The molecule has 0 saturated carbocycles. The Kier molecular flexibility index (Phi) is 7.32. The van der Waals surface area contributed by atoms with Crippen molar-refractivity contribution in [3.8, 4) is 17.6 Å². The number of aliphatic carboxylic acids is 1. The summed E-state index contributed by atoms with van der Waals surface area (Å²) in [7, 11) is 3.56. The van der Waals surface area contributed by atoms with E-state index in [1.807, 2.05) is 67.4 Å². The molecule has 2 aromatic rings. The molecular weight excluding hydrogens is 392 g/mol. The number of carbonyl (C=O) groups excluding carboxylic acids is 1. The maximum Gasteiger partial charge on any atom is 0.326 e. The zero-order valence-electron chi connectivity index (χ0n) is 18.2. The van der Waals surface area contributed by atoms with Crippen LogP contribution in [0.25, 0.3) is 0 Å². The normalized spacial score (nSPS) is 17.9. The molecule has 1 saturated heterocycles. The second-order valence-electron chi connectivity index (χ2n) is 7.85. The molecule has 1 aliphatic rings. The number of amides is 1. The Balaban J connectivity index is 1.63. The fraction of sp³-hybridized carbons (Fsp3) is 0.360. The minimum Gasteiger partial charge on any atom is -0.496 e. The molecule has 0 spiro atoms. The van der Waals surface area contributed by atoms with Crippen molar-refractivity contribution in [1.29, 1.82) is 0 Å². The van der Waals surface area contributed by atoms with Gasteiger partial charge in [0.25, 0.3) is 0 Å². The Hall–Kier alpha value is -3.30. The minimum absolute atomic E-state index is 0.0484. The molecule has 1 aliphatic heterocycles. The van der Waals surface area contributed by atoms with Gasteiger partial charge >= 0.3 is 5.97 Å². The number of rotatable bonds is 6. The first-order valence-electron chi connectivity index (χ1n) is 10.3. The highest BCUT2D eigenvalue weighted by Gasteiger charge is 2.40. The number of carboxylic acid groups (broad SMARTS) is 1. The molecule has 1 heterocycles. The summed E-state index contributed by atoms with van der Waals surface area (Å²) in [4.78, 5) is 28.1. The summed E-state index contributed by atoms with van der Waals surface area (Å²) < 4.78 is 5.27. The summed E-state index contributed by atoms with van der Waals surface area (Å²) in [5, 5.41) is 9.64. The summed E-state index contributed by atoms with van der Waals surface area (Å²) in [6.45, 7) is 2.85. The van der Waals surface area contributed by atoms with Crippen LogP contribution in [0.1, 0.15) is 23.1 Å². The monoisotopic (exact) mass is 420 g/mol. The number of benzene rings is 2. The van der Waals surface area contributed by atoms with Crippen molar-refractivity contribution in [2.75, 3.05) is 27.2 Å². The predicted molar refractivity (Wildman–Crippen MR) is 119 cm³/mol. The number of likely N-dealkylation sites (tertiary alicyclic amines) is 1. The summed E-state index contributed by atoms with van der Waals surface area (Å²) in [6, 6.07) is 14.3. The summed E-state index contributed by atoms with van der Waals surface area (Å²) >= 11 is 0. The molecular formula is C25H28N2O4. The standard InChI is InChI=1S/C25H28N2O4/c1-18-14-20(11-12-23(18)31-3)10-7-13-26(2)21-16-22(25(29)30)27(17-21)24(28)15-19-8-5-4-6-9-19/h4-6,8-9,11-12,14,21-22H,13,15-17H2,1-3H3,(H,29,30). The molecule has 31 heavy (non-hydrogen) atoms. The third-order valence-corrected chi connectivity index (χ3v) is 5.66. The lowest BCUT2D eigenvalue weighted by molar-refractivity contribution is -0.148. The van der Waals surface area contributed by atoms with Crippen molar-refractivity contribution < 1.29 is 19.4 Å². The average molecular weight is 421 g/mol. The van der Waals surface area contributed by atoms with Gasteiger partial charge in [-0.2, -0.15) is 0 Å². The average Bonchev–Trinajstić information content (AvgIpc) is 3.21. The van der Waals surface area contributed by atoms with Gasteiger partial charge in [0.1, 0.15) is 11.8 Å². The van der Waals surface area contributed by atoms with Crippen molar-refractivity contribution in [1.82, 2.24) is 9.80 Å².